The standard InChI is InChI=1S/C27H25F3N6O/c28-27(29,30)25-9-10-32-26(34-25)37-22-6-4-21(5-7-22)36-14-12-35(13-15-36)11-1-2-20-18-33-24-8-3-19(17-31)16-23(20)24/h3-10,16,18,33H,1-2,11-15H2. The van der Waals surface area contributed by atoms with Gasteiger partial charge in [-0.3, -0.25) is 4.90 Å². The first-order chi connectivity index (χ1) is 17.9. The number of aromatic nitrogens is 3. The van der Waals surface area contributed by atoms with Gasteiger partial charge in [-0.1, -0.05) is 0 Å². The van der Waals surface area contributed by atoms with Crippen LogP contribution in [0.15, 0.2) is 60.9 Å². The summed E-state index contributed by atoms with van der Waals surface area (Å²) in [4.78, 5) is 15.2. The molecule has 0 spiro atoms. The quantitative estimate of drug-likeness (QED) is 0.362. The zero-order chi connectivity index (χ0) is 25.8. The number of rotatable bonds is 7. The fourth-order valence-corrected chi connectivity index (χ4v) is 4.56. The summed E-state index contributed by atoms with van der Waals surface area (Å²) in [5.41, 5.74) is 2.96. The third kappa shape index (κ3) is 5.84. The van der Waals surface area contributed by atoms with Gasteiger partial charge >= 0.3 is 12.2 Å². The highest BCUT2D eigenvalue weighted by molar-refractivity contribution is 5.84. The molecule has 2 aromatic carbocycles. The molecule has 0 atom stereocenters. The summed E-state index contributed by atoms with van der Waals surface area (Å²) in [5.74, 6) is 0.376. The van der Waals surface area contributed by atoms with E-state index < -0.39 is 11.9 Å². The van der Waals surface area contributed by atoms with E-state index in [0.29, 0.717) is 11.3 Å². The Balaban J connectivity index is 1.10. The van der Waals surface area contributed by atoms with Gasteiger partial charge in [-0.05, 0) is 73.5 Å². The molecule has 1 saturated heterocycles. The maximum Gasteiger partial charge on any atom is 0.433 e. The van der Waals surface area contributed by atoms with Crippen molar-refractivity contribution >= 4 is 16.6 Å². The Morgan fingerprint density at radius 2 is 1.81 bits per heavy atom. The number of anilines is 1. The van der Waals surface area contributed by atoms with Crippen molar-refractivity contribution < 1.29 is 17.9 Å². The molecule has 0 unspecified atom stereocenters. The van der Waals surface area contributed by atoms with E-state index in [9.17, 15) is 13.2 Å². The summed E-state index contributed by atoms with van der Waals surface area (Å²) in [7, 11) is 0. The van der Waals surface area contributed by atoms with Gasteiger partial charge < -0.3 is 14.6 Å². The van der Waals surface area contributed by atoms with E-state index in [1.165, 1.54) is 5.56 Å². The summed E-state index contributed by atoms with van der Waals surface area (Å²) < 4.78 is 43.9. The number of halogens is 3. The van der Waals surface area contributed by atoms with E-state index in [1.807, 2.05) is 36.5 Å². The van der Waals surface area contributed by atoms with Crippen LogP contribution in [-0.2, 0) is 12.6 Å². The minimum Gasteiger partial charge on any atom is -0.424 e. The van der Waals surface area contributed by atoms with Crippen LogP contribution in [0.1, 0.15) is 23.2 Å². The maximum atomic E-state index is 12.8. The zero-order valence-electron chi connectivity index (χ0n) is 20.0. The van der Waals surface area contributed by atoms with Crippen LogP contribution in [0.3, 0.4) is 0 Å². The van der Waals surface area contributed by atoms with Crippen molar-refractivity contribution in [2.45, 2.75) is 19.0 Å². The Hall–Kier alpha value is -4.10. The van der Waals surface area contributed by atoms with Gasteiger partial charge in [0.1, 0.15) is 5.75 Å². The number of aromatic amines is 1. The van der Waals surface area contributed by atoms with Crippen molar-refractivity contribution in [3.05, 3.63) is 77.7 Å². The minimum atomic E-state index is -4.55. The number of hydrogen-bond donors (Lipinski definition) is 1. The van der Waals surface area contributed by atoms with Crippen LogP contribution in [0.4, 0.5) is 18.9 Å². The molecule has 5 rings (SSSR count). The van der Waals surface area contributed by atoms with Crippen molar-refractivity contribution in [2.24, 2.45) is 0 Å². The summed E-state index contributed by atoms with van der Waals surface area (Å²) in [6.07, 6.45) is 0.505. The largest absolute Gasteiger partial charge is 0.433 e. The minimum absolute atomic E-state index is 0.339. The van der Waals surface area contributed by atoms with Gasteiger partial charge in [0, 0.05) is 55.2 Å². The molecule has 0 aliphatic carbocycles. The molecule has 37 heavy (non-hydrogen) atoms. The van der Waals surface area contributed by atoms with Gasteiger partial charge in [0.15, 0.2) is 5.69 Å². The molecular weight excluding hydrogens is 481 g/mol. The third-order valence-corrected chi connectivity index (χ3v) is 6.52. The van der Waals surface area contributed by atoms with Crippen LogP contribution in [0.5, 0.6) is 11.8 Å². The second kappa shape index (κ2) is 10.5. The molecule has 0 amide bonds. The molecule has 190 valence electrons. The number of nitrogens with one attached hydrogen (secondary N) is 1. The number of alkyl halides is 3. The van der Waals surface area contributed by atoms with Gasteiger partial charge in [-0.15, -0.1) is 0 Å². The smallest absolute Gasteiger partial charge is 0.424 e. The van der Waals surface area contributed by atoms with E-state index in [1.54, 1.807) is 12.1 Å². The topological polar surface area (TPSA) is 81.1 Å². The number of fused-ring (bicyclic) bond motifs is 1. The molecule has 1 fully saturated rings. The van der Waals surface area contributed by atoms with Crippen LogP contribution >= 0.6 is 0 Å². The van der Waals surface area contributed by atoms with Crippen molar-refractivity contribution in [1.29, 1.82) is 5.26 Å². The highest BCUT2D eigenvalue weighted by Gasteiger charge is 2.33. The summed E-state index contributed by atoms with van der Waals surface area (Å²) in [5, 5.41) is 10.3. The van der Waals surface area contributed by atoms with E-state index in [0.717, 1.165) is 74.4 Å². The average molecular weight is 507 g/mol. The van der Waals surface area contributed by atoms with Crippen molar-refractivity contribution in [1.82, 2.24) is 19.9 Å². The van der Waals surface area contributed by atoms with Crippen molar-refractivity contribution in [2.75, 3.05) is 37.6 Å². The van der Waals surface area contributed by atoms with E-state index in [2.05, 4.69) is 30.8 Å². The zero-order valence-corrected chi connectivity index (χ0v) is 20.0. The van der Waals surface area contributed by atoms with Crippen LogP contribution in [0, 0.1) is 11.3 Å². The van der Waals surface area contributed by atoms with Gasteiger partial charge in [0.25, 0.3) is 0 Å². The number of piperazine rings is 1. The van der Waals surface area contributed by atoms with Gasteiger partial charge in [-0.2, -0.15) is 23.4 Å². The summed E-state index contributed by atoms with van der Waals surface area (Å²) >= 11 is 0. The molecule has 0 saturated carbocycles. The lowest BCUT2D eigenvalue weighted by molar-refractivity contribution is -0.141. The molecule has 3 heterocycles. The lowest BCUT2D eigenvalue weighted by atomic mass is 10.1. The number of nitriles is 1. The fraction of sp³-hybridized carbons (Fsp3) is 0.296. The Bertz CT molecular complexity index is 1400. The third-order valence-electron chi connectivity index (χ3n) is 6.52. The fourth-order valence-electron chi connectivity index (χ4n) is 4.56. The van der Waals surface area contributed by atoms with Crippen LogP contribution in [0.2, 0.25) is 0 Å². The monoisotopic (exact) mass is 506 g/mol. The number of ether oxygens (including phenoxy) is 1. The predicted molar refractivity (Wildman–Crippen MR) is 134 cm³/mol. The molecule has 1 aliphatic rings. The molecule has 7 nitrogen and oxygen atoms in total. The summed E-state index contributed by atoms with van der Waals surface area (Å²) in [6.45, 7) is 4.67. The van der Waals surface area contributed by atoms with E-state index in [4.69, 9.17) is 10.00 Å². The molecule has 4 aromatic rings. The van der Waals surface area contributed by atoms with Crippen LogP contribution in [0.25, 0.3) is 10.9 Å². The lowest BCUT2D eigenvalue weighted by Crippen LogP contribution is -2.46. The maximum absolute atomic E-state index is 12.8. The number of nitrogens with zero attached hydrogens (tertiary/aromatic N) is 5. The van der Waals surface area contributed by atoms with Crippen LogP contribution < -0.4 is 9.64 Å². The van der Waals surface area contributed by atoms with E-state index in [-0.39, 0.29) is 6.01 Å². The molecule has 10 heteroatoms. The molecular formula is C27H25F3N6O. The number of H-pyrrole nitrogens is 1. The number of aryl methyl sites for hydroxylation is 1. The van der Waals surface area contributed by atoms with Gasteiger partial charge in [-0.25, -0.2) is 4.98 Å². The predicted octanol–water partition coefficient (Wildman–Crippen LogP) is 5.40. The Kier molecular flexibility index (Phi) is 6.97. The molecule has 1 aliphatic heterocycles. The van der Waals surface area contributed by atoms with Crippen LogP contribution in [-0.4, -0.2) is 52.6 Å². The SMILES string of the molecule is N#Cc1ccc2[nH]cc(CCCN3CCN(c4ccc(Oc5nccc(C(F)(F)F)n5)cc4)CC3)c2c1. The molecule has 0 radical (unpaired) electrons. The lowest BCUT2D eigenvalue weighted by Gasteiger charge is -2.36. The Morgan fingerprint density at radius 1 is 1.03 bits per heavy atom. The number of hydrogen-bond acceptors (Lipinski definition) is 6. The normalized spacial score (nSPS) is 14.6. The van der Waals surface area contributed by atoms with Crippen molar-refractivity contribution in [3.8, 4) is 17.8 Å². The summed E-state index contributed by atoms with van der Waals surface area (Å²) in [6, 6.07) is 15.6. The highest BCUT2D eigenvalue weighted by Crippen LogP contribution is 2.29. The van der Waals surface area contributed by atoms with Gasteiger partial charge in [0.05, 0.1) is 11.6 Å². The first-order valence-corrected chi connectivity index (χ1v) is 12.0. The Morgan fingerprint density at radius 3 is 2.54 bits per heavy atom. The van der Waals surface area contributed by atoms with Crippen molar-refractivity contribution in [3.63, 3.8) is 0 Å². The molecule has 2 aromatic heterocycles. The first kappa shape index (κ1) is 24.6. The van der Waals surface area contributed by atoms with E-state index >= 15 is 0 Å². The second-order valence-corrected chi connectivity index (χ2v) is 8.94. The average Bonchev–Trinajstić information content (AvgIpc) is 3.31. The highest BCUT2D eigenvalue weighted by atomic mass is 19.4. The second-order valence-electron chi connectivity index (χ2n) is 8.94. The molecule has 0 bridgehead atoms. The Labute approximate surface area is 212 Å². The molecule has 1 N–H and O–H groups in total. The first-order valence-electron chi connectivity index (χ1n) is 12.0. The number of benzene rings is 2. The van der Waals surface area contributed by atoms with Gasteiger partial charge in [0.2, 0.25) is 0 Å².